The van der Waals surface area contributed by atoms with E-state index in [0.717, 1.165) is 57.2 Å². The summed E-state index contributed by atoms with van der Waals surface area (Å²) >= 11 is 6.12. The number of aromatic nitrogens is 3. The standard InChI is InChI=1S/C26H29ClN6/c1-18-24(20(15-28)16-30-22-6-4-3-5-7-22)14-26-31-17-25(33(26)32-18)23(12-13-29-2)19-8-10-21(27)11-9-19/h8,10-17,22H,2-7,9,28H2,1H3/b13-12-,20-15?,23-19+,30-16?. The average Bonchev–Trinajstić information content (AvgIpc) is 3.24. The zero-order valence-electron chi connectivity index (χ0n) is 18.9. The van der Waals surface area contributed by atoms with Crippen LogP contribution >= 0.6 is 11.6 Å². The monoisotopic (exact) mass is 460 g/mol. The number of rotatable bonds is 6. The molecule has 33 heavy (non-hydrogen) atoms. The lowest BCUT2D eigenvalue weighted by atomic mass is 9.96. The van der Waals surface area contributed by atoms with Crippen LogP contribution in [-0.2, 0) is 0 Å². The molecule has 0 unspecified atom stereocenters. The first-order chi connectivity index (χ1) is 16.1. The fourth-order valence-electron chi connectivity index (χ4n) is 4.30. The Morgan fingerprint density at radius 2 is 2.09 bits per heavy atom. The van der Waals surface area contributed by atoms with Gasteiger partial charge in [-0.1, -0.05) is 43.0 Å². The molecule has 2 aliphatic carbocycles. The van der Waals surface area contributed by atoms with Gasteiger partial charge in [0, 0.05) is 46.4 Å². The fourth-order valence-corrected chi connectivity index (χ4v) is 4.44. The minimum atomic E-state index is 0.384. The Bertz CT molecular complexity index is 1220. The Morgan fingerprint density at radius 1 is 1.27 bits per heavy atom. The number of aryl methyl sites for hydroxylation is 1. The van der Waals surface area contributed by atoms with E-state index in [2.05, 4.69) is 16.7 Å². The molecular formula is C26H29ClN6. The Hall–Kier alpha value is -3.25. The van der Waals surface area contributed by atoms with Crippen molar-refractivity contribution in [2.75, 3.05) is 0 Å². The minimum absolute atomic E-state index is 0.384. The van der Waals surface area contributed by atoms with Gasteiger partial charge in [0.2, 0.25) is 0 Å². The number of imidazole rings is 1. The Labute approximate surface area is 199 Å². The van der Waals surface area contributed by atoms with Crippen LogP contribution in [0.15, 0.2) is 69.6 Å². The lowest BCUT2D eigenvalue weighted by Gasteiger charge is -2.17. The van der Waals surface area contributed by atoms with Crippen LogP contribution in [0, 0.1) is 6.92 Å². The van der Waals surface area contributed by atoms with Crippen LogP contribution in [0.5, 0.6) is 0 Å². The van der Waals surface area contributed by atoms with Crippen molar-refractivity contribution in [3.63, 3.8) is 0 Å². The van der Waals surface area contributed by atoms with E-state index in [0.29, 0.717) is 12.5 Å². The molecule has 4 rings (SSSR count). The molecular weight excluding hydrogens is 432 g/mol. The molecule has 2 aromatic heterocycles. The SMILES string of the molecule is C=N/C=C\C(=C1\C=CC(Cl)=CC1)c1cnc2cc(C(C=NC3CCCCC3)=CN)c(C)nn12. The van der Waals surface area contributed by atoms with Crippen LogP contribution in [0.4, 0.5) is 0 Å². The van der Waals surface area contributed by atoms with Gasteiger partial charge in [0.25, 0.3) is 0 Å². The second-order valence-electron chi connectivity index (χ2n) is 8.31. The Balaban J connectivity index is 1.72. The Morgan fingerprint density at radius 3 is 2.79 bits per heavy atom. The van der Waals surface area contributed by atoms with E-state index in [4.69, 9.17) is 27.4 Å². The predicted molar refractivity (Wildman–Crippen MR) is 139 cm³/mol. The maximum absolute atomic E-state index is 6.12. The molecule has 0 saturated heterocycles. The first-order valence-corrected chi connectivity index (χ1v) is 11.7. The minimum Gasteiger partial charge on any atom is -0.404 e. The van der Waals surface area contributed by atoms with Crippen molar-refractivity contribution >= 4 is 41.3 Å². The molecule has 0 radical (unpaired) electrons. The maximum atomic E-state index is 6.12. The molecule has 2 heterocycles. The molecule has 170 valence electrons. The summed E-state index contributed by atoms with van der Waals surface area (Å²) in [6.07, 6.45) is 21.6. The predicted octanol–water partition coefficient (Wildman–Crippen LogP) is 5.79. The third kappa shape index (κ3) is 5.22. The smallest absolute Gasteiger partial charge is 0.154 e. The zero-order valence-corrected chi connectivity index (χ0v) is 19.7. The molecule has 7 heteroatoms. The summed E-state index contributed by atoms with van der Waals surface area (Å²) in [4.78, 5) is 13.3. The highest BCUT2D eigenvalue weighted by Crippen LogP contribution is 2.29. The van der Waals surface area contributed by atoms with E-state index in [1.54, 1.807) is 12.4 Å². The van der Waals surface area contributed by atoms with Crippen LogP contribution in [0.2, 0.25) is 0 Å². The van der Waals surface area contributed by atoms with Crippen molar-refractivity contribution in [2.24, 2.45) is 15.7 Å². The van der Waals surface area contributed by atoms with Crippen LogP contribution in [0.25, 0.3) is 16.8 Å². The molecule has 0 bridgehead atoms. The van der Waals surface area contributed by atoms with E-state index >= 15 is 0 Å². The molecule has 6 nitrogen and oxygen atoms in total. The highest BCUT2D eigenvalue weighted by atomic mass is 35.5. The second-order valence-corrected chi connectivity index (χ2v) is 8.75. The second kappa shape index (κ2) is 10.6. The number of hydrogen-bond acceptors (Lipinski definition) is 5. The van der Waals surface area contributed by atoms with E-state index in [1.165, 1.54) is 19.3 Å². The molecule has 2 aromatic rings. The number of nitrogens with two attached hydrogens (primary N) is 1. The largest absolute Gasteiger partial charge is 0.404 e. The first kappa shape index (κ1) is 22.9. The lowest BCUT2D eigenvalue weighted by Crippen LogP contribution is -2.10. The van der Waals surface area contributed by atoms with Crippen molar-refractivity contribution in [3.8, 4) is 0 Å². The summed E-state index contributed by atoms with van der Waals surface area (Å²) in [5.41, 5.74) is 12.3. The van der Waals surface area contributed by atoms with E-state index in [1.807, 2.05) is 54.2 Å². The third-order valence-electron chi connectivity index (χ3n) is 6.10. The van der Waals surface area contributed by atoms with E-state index < -0.39 is 0 Å². The van der Waals surface area contributed by atoms with Crippen molar-refractivity contribution in [1.82, 2.24) is 14.6 Å². The van der Waals surface area contributed by atoms with Gasteiger partial charge in [0.15, 0.2) is 5.65 Å². The van der Waals surface area contributed by atoms with Gasteiger partial charge in [-0.25, -0.2) is 9.50 Å². The number of allylic oxidation sites excluding steroid dienone is 8. The van der Waals surface area contributed by atoms with Gasteiger partial charge in [-0.05, 0) is 56.7 Å². The quantitative estimate of drug-likeness (QED) is 0.554. The summed E-state index contributed by atoms with van der Waals surface area (Å²) in [6.45, 7) is 5.54. The normalized spacial score (nSPS) is 19.6. The lowest BCUT2D eigenvalue weighted by molar-refractivity contribution is 0.444. The van der Waals surface area contributed by atoms with Crippen molar-refractivity contribution < 1.29 is 0 Å². The molecule has 2 N–H and O–H groups in total. The number of aliphatic imine (C=N–C) groups is 2. The Kier molecular flexibility index (Phi) is 7.35. The molecule has 2 aliphatic rings. The molecule has 0 aliphatic heterocycles. The molecule has 0 spiro atoms. The topological polar surface area (TPSA) is 80.9 Å². The van der Waals surface area contributed by atoms with Gasteiger partial charge in [0.05, 0.1) is 17.6 Å². The summed E-state index contributed by atoms with van der Waals surface area (Å²) in [6, 6.07) is 2.40. The van der Waals surface area contributed by atoms with Crippen molar-refractivity contribution in [3.05, 3.63) is 76.5 Å². The maximum Gasteiger partial charge on any atom is 0.154 e. The summed E-state index contributed by atoms with van der Waals surface area (Å²) in [5.74, 6) is 0. The number of hydrogen-bond donors (Lipinski definition) is 1. The van der Waals surface area contributed by atoms with Crippen LogP contribution in [0.3, 0.4) is 0 Å². The van der Waals surface area contributed by atoms with Gasteiger partial charge >= 0.3 is 0 Å². The van der Waals surface area contributed by atoms with Gasteiger partial charge in [-0.3, -0.25) is 9.98 Å². The molecule has 1 fully saturated rings. The summed E-state index contributed by atoms with van der Waals surface area (Å²) in [7, 11) is 0. The molecule has 0 aromatic carbocycles. The fraction of sp³-hybridized carbons (Fsp3) is 0.308. The average molecular weight is 461 g/mol. The number of fused-ring (bicyclic) bond motifs is 1. The highest BCUT2D eigenvalue weighted by Gasteiger charge is 2.16. The third-order valence-corrected chi connectivity index (χ3v) is 6.38. The van der Waals surface area contributed by atoms with Crippen LogP contribution in [0.1, 0.15) is 55.5 Å². The first-order valence-electron chi connectivity index (χ1n) is 11.3. The van der Waals surface area contributed by atoms with Crippen molar-refractivity contribution in [1.29, 1.82) is 0 Å². The van der Waals surface area contributed by atoms with E-state index in [-0.39, 0.29) is 0 Å². The highest BCUT2D eigenvalue weighted by molar-refractivity contribution is 6.31. The number of halogens is 1. The number of nitrogens with zero attached hydrogens (tertiary/aromatic N) is 5. The molecule has 0 amide bonds. The molecule has 0 atom stereocenters. The summed E-state index contributed by atoms with van der Waals surface area (Å²) < 4.78 is 1.86. The van der Waals surface area contributed by atoms with Gasteiger partial charge in [0.1, 0.15) is 0 Å². The van der Waals surface area contributed by atoms with Crippen LogP contribution < -0.4 is 5.73 Å². The zero-order chi connectivity index (χ0) is 23.2. The van der Waals surface area contributed by atoms with E-state index in [9.17, 15) is 0 Å². The van der Waals surface area contributed by atoms with Gasteiger partial charge in [-0.15, -0.1) is 0 Å². The van der Waals surface area contributed by atoms with Crippen molar-refractivity contribution in [2.45, 2.75) is 51.5 Å². The molecule has 1 saturated carbocycles. The van der Waals surface area contributed by atoms with Crippen LogP contribution in [-0.4, -0.2) is 33.6 Å². The summed E-state index contributed by atoms with van der Waals surface area (Å²) in [5, 5.41) is 5.59. The van der Waals surface area contributed by atoms with Gasteiger partial charge in [-0.2, -0.15) is 5.10 Å². The van der Waals surface area contributed by atoms with Gasteiger partial charge < -0.3 is 5.73 Å².